The van der Waals surface area contributed by atoms with Crippen molar-refractivity contribution in [2.45, 2.75) is 12.7 Å². The van der Waals surface area contributed by atoms with E-state index >= 15 is 0 Å². The van der Waals surface area contributed by atoms with E-state index in [0.29, 0.717) is 10.6 Å². The van der Waals surface area contributed by atoms with Crippen molar-refractivity contribution in [3.8, 4) is 0 Å². The molecule has 0 spiro atoms. The minimum atomic E-state index is -4.75. The lowest BCUT2D eigenvalue weighted by atomic mass is 10.1. The summed E-state index contributed by atoms with van der Waals surface area (Å²) < 4.78 is 53.1. The maximum Gasteiger partial charge on any atom is 0.431 e. The van der Waals surface area contributed by atoms with Crippen LogP contribution < -0.4 is 11.2 Å². The van der Waals surface area contributed by atoms with Crippen LogP contribution in [-0.4, -0.2) is 11.1 Å². The van der Waals surface area contributed by atoms with Gasteiger partial charge in [0.2, 0.25) is 0 Å². The Labute approximate surface area is 105 Å². The summed E-state index contributed by atoms with van der Waals surface area (Å²) in [6, 6.07) is 4.04. The first-order valence-corrected chi connectivity index (χ1v) is 5.45. The monoisotopic (exact) mass is 274 g/mol. The predicted molar refractivity (Wildman–Crippen MR) is 62.2 cm³/mol. The first-order chi connectivity index (χ1) is 8.86. The normalized spacial score (nSPS) is 12.1. The molecule has 2 aromatic rings. The first-order valence-electron chi connectivity index (χ1n) is 5.45. The van der Waals surface area contributed by atoms with Crippen molar-refractivity contribution in [2.24, 2.45) is 5.73 Å². The standard InChI is InChI=1S/C12H10F4N2O/c13-8-3-1-2-7-9(19)6-10(12(14,15)16)18(5-4-17)11(7)8/h1-3,6H,4-5,17H2. The SMILES string of the molecule is NCCn1c(C(F)(F)F)cc(=O)c2cccc(F)c21. The summed E-state index contributed by atoms with van der Waals surface area (Å²) in [5, 5.41) is -0.0959. The van der Waals surface area contributed by atoms with E-state index in [2.05, 4.69) is 0 Å². The van der Waals surface area contributed by atoms with E-state index in [-0.39, 0.29) is 24.0 Å². The Hall–Kier alpha value is -1.89. The Bertz CT molecular complexity index is 676. The Kier molecular flexibility index (Phi) is 3.32. The topological polar surface area (TPSA) is 48.0 Å². The summed E-state index contributed by atoms with van der Waals surface area (Å²) in [4.78, 5) is 11.6. The highest BCUT2D eigenvalue weighted by atomic mass is 19.4. The zero-order valence-electron chi connectivity index (χ0n) is 9.67. The molecule has 0 fully saturated rings. The molecule has 0 aliphatic rings. The highest BCUT2D eigenvalue weighted by Gasteiger charge is 2.35. The molecule has 1 heterocycles. The number of hydrogen-bond acceptors (Lipinski definition) is 2. The van der Waals surface area contributed by atoms with Crippen LogP contribution in [0.25, 0.3) is 10.9 Å². The van der Waals surface area contributed by atoms with Gasteiger partial charge in [0.05, 0.1) is 5.52 Å². The van der Waals surface area contributed by atoms with Gasteiger partial charge in [0.15, 0.2) is 5.43 Å². The summed E-state index contributed by atoms with van der Waals surface area (Å²) in [5.74, 6) is -0.880. The van der Waals surface area contributed by atoms with Crippen molar-refractivity contribution in [3.05, 3.63) is 46.0 Å². The number of nitrogens with zero attached hydrogens (tertiary/aromatic N) is 1. The number of hydrogen-bond donors (Lipinski definition) is 1. The molecular formula is C12H10F4N2O. The minimum Gasteiger partial charge on any atom is -0.333 e. The second kappa shape index (κ2) is 4.65. The van der Waals surface area contributed by atoms with Crippen LogP contribution in [0.2, 0.25) is 0 Å². The van der Waals surface area contributed by atoms with Crippen molar-refractivity contribution in [3.63, 3.8) is 0 Å². The fourth-order valence-electron chi connectivity index (χ4n) is 1.99. The van der Waals surface area contributed by atoms with Gasteiger partial charge in [-0.25, -0.2) is 4.39 Å². The molecule has 0 bridgehead atoms. The zero-order valence-corrected chi connectivity index (χ0v) is 9.67. The number of rotatable bonds is 2. The van der Waals surface area contributed by atoms with Gasteiger partial charge in [0, 0.05) is 24.5 Å². The molecule has 2 N–H and O–H groups in total. The smallest absolute Gasteiger partial charge is 0.333 e. The second-order valence-electron chi connectivity index (χ2n) is 3.97. The lowest BCUT2D eigenvalue weighted by Gasteiger charge is -2.18. The van der Waals surface area contributed by atoms with Gasteiger partial charge >= 0.3 is 6.18 Å². The van der Waals surface area contributed by atoms with Crippen molar-refractivity contribution in [1.29, 1.82) is 0 Å². The molecule has 1 aromatic heterocycles. The van der Waals surface area contributed by atoms with Crippen LogP contribution in [0, 0.1) is 5.82 Å². The van der Waals surface area contributed by atoms with E-state index < -0.39 is 23.1 Å². The van der Waals surface area contributed by atoms with Crippen LogP contribution >= 0.6 is 0 Å². The van der Waals surface area contributed by atoms with E-state index in [1.54, 1.807) is 0 Å². The third-order valence-electron chi connectivity index (χ3n) is 2.72. The van der Waals surface area contributed by atoms with Gasteiger partial charge in [-0.2, -0.15) is 13.2 Å². The third-order valence-corrected chi connectivity index (χ3v) is 2.72. The van der Waals surface area contributed by atoms with Gasteiger partial charge < -0.3 is 10.3 Å². The first kappa shape index (κ1) is 13.5. The molecule has 0 unspecified atom stereocenters. The zero-order chi connectivity index (χ0) is 14.2. The largest absolute Gasteiger partial charge is 0.431 e. The highest BCUT2D eigenvalue weighted by Crippen LogP contribution is 2.30. The molecule has 0 saturated heterocycles. The fourth-order valence-corrected chi connectivity index (χ4v) is 1.99. The Balaban J connectivity index is 2.95. The lowest BCUT2D eigenvalue weighted by Crippen LogP contribution is -2.24. The van der Waals surface area contributed by atoms with Gasteiger partial charge in [0.1, 0.15) is 11.5 Å². The minimum absolute atomic E-state index is 0.0959. The summed E-state index contributed by atoms with van der Waals surface area (Å²) in [5.41, 5.74) is 2.84. The average Bonchev–Trinajstić information content (AvgIpc) is 2.31. The average molecular weight is 274 g/mol. The van der Waals surface area contributed by atoms with Gasteiger partial charge in [-0.05, 0) is 12.1 Å². The number of halogens is 4. The molecule has 0 atom stereocenters. The molecule has 2 rings (SSSR count). The number of benzene rings is 1. The van der Waals surface area contributed by atoms with Crippen LogP contribution in [0.3, 0.4) is 0 Å². The maximum atomic E-state index is 13.8. The summed E-state index contributed by atoms with van der Waals surface area (Å²) >= 11 is 0. The van der Waals surface area contributed by atoms with Gasteiger partial charge in [0.25, 0.3) is 0 Å². The molecular weight excluding hydrogens is 264 g/mol. The Morgan fingerprint density at radius 2 is 1.95 bits per heavy atom. The molecule has 7 heteroatoms. The number of alkyl halides is 3. The Morgan fingerprint density at radius 3 is 2.53 bits per heavy atom. The summed E-state index contributed by atoms with van der Waals surface area (Å²) in [6.07, 6.45) is -4.75. The number of nitrogens with two attached hydrogens (primary N) is 1. The van der Waals surface area contributed by atoms with E-state index in [1.807, 2.05) is 0 Å². The van der Waals surface area contributed by atoms with E-state index in [9.17, 15) is 22.4 Å². The predicted octanol–water partition coefficient (Wildman–Crippen LogP) is 2.12. The fraction of sp³-hybridized carbons (Fsp3) is 0.250. The molecule has 0 aliphatic heterocycles. The van der Waals surface area contributed by atoms with Crippen molar-refractivity contribution in [1.82, 2.24) is 4.57 Å². The van der Waals surface area contributed by atoms with Crippen LogP contribution in [-0.2, 0) is 12.7 Å². The number of para-hydroxylation sites is 1. The quantitative estimate of drug-likeness (QED) is 0.853. The van der Waals surface area contributed by atoms with E-state index in [1.165, 1.54) is 12.1 Å². The second-order valence-corrected chi connectivity index (χ2v) is 3.97. The molecule has 0 aliphatic carbocycles. The Morgan fingerprint density at radius 1 is 1.26 bits per heavy atom. The lowest BCUT2D eigenvalue weighted by molar-refractivity contribution is -0.143. The van der Waals surface area contributed by atoms with Crippen molar-refractivity contribution >= 4 is 10.9 Å². The molecule has 102 valence electrons. The van der Waals surface area contributed by atoms with Gasteiger partial charge in [-0.3, -0.25) is 4.79 Å². The number of aromatic nitrogens is 1. The highest BCUT2D eigenvalue weighted by molar-refractivity contribution is 5.80. The van der Waals surface area contributed by atoms with Crippen molar-refractivity contribution < 1.29 is 17.6 Å². The summed E-state index contributed by atoms with van der Waals surface area (Å²) in [6.45, 7) is -0.331. The molecule has 3 nitrogen and oxygen atoms in total. The van der Waals surface area contributed by atoms with Crippen LogP contribution in [0.1, 0.15) is 5.69 Å². The maximum absolute atomic E-state index is 13.8. The molecule has 0 amide bonds. The molecule has 0 radical (unpaired) electrons. The van der Waals surface area contributed by atoms with Crippen LogP contribution in [0.15, 0.2) is 29.1 Å². The molecule has 19 heavy (non-hydrogen) atoms. The van der Waals surface area contributed by atoms with Gasteiger partial charge in [-0.1, -0.05) is 6.07 Å². The van der Waals surface area contributed by atoms with Crippen LogP contribution in [0.5, 0.6) is 0 Å². The summed E-state index contributed by atoms with van der Waals surface area (Å²) in [7, 11) is 0. The van der Waals surface area contributed by atoms with Gasteiger partial charge in [-0.15, -0.1) is 0 Å². The van der Waals surface area contributed by atoms with Crippen LogP contribution in [0.4, 0.5) is 17.6 Å². The molecule has 1 aromatic carbocycles. The van der Waals surface area contributed by atoms with E-state index in [0.717, 1.165) is 6.07 Å². The third kappa shape index (κ3) is 2.33. The number of pyridine rings is 1. The molecule has 0 saturated carbocycles. The van der Waals surface area contributed by atoms with Crippen molar-refractivity contribution in [2.75, 3.05) is 6.54 Å². The number of fused-ring (bicyclic) bond motifs is 1. The van der Waals surface area contributed by atoms with E-state index in [4.69, 9.17) is 5.73 Å².